The molecule has 136 heavy (non-hydrogen) atoms. The second kappa shape index (κ2) is 82.5. The molecule has 800 valence electrons. The number of hydrogen-bond donors (Lipinski definition) is 11. The predicted octanol–water partition coefficient (Wildman–Crippen LogP) is 22.6. The number of aliphatic hydroxyl groups is 5. The second-order valence-corrected chi connectivity index (χ2v) is 41.5. The van der Waals surface area contributed by atoms with Gasteiger partial charge in [0.15, 0.2) is 24.5 Å². The maximum atomic E-state index is 15.2. The quantitative estimate of drug-likeness (QED) is 0.00885. The highest BCUT2D eigenvalue weighted by Crippen LogP contribution is 2.47. The molecule has 2 saturated heterocycles. The van der Waals surface area contributed by atoms with Crippen LogP contribution in [0.15, 0.2) is 0 Å². The van der Waals surface area contributed by atoms with Crippen LogP contribution < -0.4 is 10.6 Å². The summed E-state index contributed by atoms with van der Waals surface area (Å²) in [5.74, 6) is -10.0. The van der Waals surface area contributed by atoms with E-state index in [4.69, 9.17) is 46.9 Å². The van der Waals surface area contributed by atoms with Gasteiger partial charge in [0.05, 0.1) is 51.1 Å². The van der Waals surface area contributed by atoms with E-state index >= 15 is 4.79 Å². The first kappa shape index (κ1) is 128. The molecule has 2 heterocycles. The van der Waals surface area contributed by atoms with Crippen LogP contribution in [0.3, 0.4) is 0 Å². The van der Waals surface area contributed by atoms with Gasteiger partial charge in [-0.3, -0.25) is 38.1 Å². The Morgan fingerprint density at radius 2 is 0.640 bits per heavy atom. The van der Waals surface area contributed by atoms with Crippen molar-refractivity contribution in [2.45, 2.75) is 609 Å². The van der Waals surface area contributed by atoms with E-state index in [2.05, 4.69) is 52.2 Å². The van der Waals surface area contributed by atoms with Crippen molar-refractivity contribution < 1.29 is 135 Å². The largest absolute Gasteiger partial charge is 0.474 e. The number of phosphoric acid groups is 2. The minimum Gasteiger partial charge on any atom is -0.462 e. The first-order valence-electron chi connectivity index (χ1n) is 54.9. The monoisotopic (exact) mass is 1980 g/mol. The Kier molecular flexibility index (Phi) is 77.8. The van der Waals surface area contributed by atoms with Gasteiger partial charge in [-0.25, -0.2) is 13.7 Å². The van der Waals surface area contributed by atoms with Gasteiger partial charge in [0, 0.05) is 19.3 Å². The lowest BCUT2D eigenvalue weighted by Gasteiger charge is -2.48. The Hall–Kier alpha value is -3.81. The van der Waals surface area contributed by atoms with Crippen molar-refractivity contribution in [3.8, 4) is 0 Å². The summed E-state index contributed by atoms with van der Waals surface area (Å²) in [5.41, 5.74) is 0. The predicted molar refractivity (Wildman–Crippen MR) is 530 cm³/mol. The lowest BCUT2D eigenvalue weighted by atomic mass is 9.94. The molecule has 0 bridgehead atoms. The minimum absolute atomic E-state index is 0.0269. The van der Waals surface area contributed by atoms with Crippen LogP contribution >= 0.6 is 15.6 Å². The summed E-state index contributed by atoms with van der Waals surface area (Å²) >= 11 is 0. The van der Waals surface area contributed by atoms with E-state index in [-0.39, 0.29) is 51.4 Å². The molecule has 30 nitrogen and oxygen atoms in total. The van der Waals surface area contributed by atoms with Gasteiger partial charge in [-0.1, -0.05) is 408 Å². The van der Waals surface area contributed by atoms with Crippen LogP contribution in [0.1, 0.15) is 517 Å². The third-order valence-corrected chi connectivity index (χ3v) is 27.4. The van der Waals surface area contributed by atoms with E-state index in [9.17, 15) is 83.0 Å². The highest BCUT2D eigenvalue weighted by atomic mass is 31.2. The normalized spacial score (nSPS) is 20.3. The van der Waals surface area contributed by atoms with Crippen LogP contribution in [0.4, 0.5) is 0 Å². The number of amides is 2. The van der Waals surface area contributed by atoms with Gasteiger partial charge in [-0.05, 0) is 64.2 Å². The molecule has 0 spiro atoms. The fourth-order valence-electron chi connectivity index (χ4n) is 18.2. The zero-order valence-electron chi connectivity index (χ0n) is 85.8. The molecule has 0 aliphatic carbocycles. The number of aliphatic hydroxyl groups excluding tert-OH is 4. The first-order chi connectivity index (χ1) is 65.5. The third-order valence-electron chi connectivity index (χ3n) is 26.3. The lowest BCUT2D eigenvalue weighted by molar-refractivity contribution is -0.404. The van der Waals surface area contributed by atoms with E-state index < -0.39 is 188 Å². The summed E-state index contributed by atoms with van der Waals surface area (Å²) < 4.78 is 85.0. The van der Waals surface area contributed by atoms with E-state index in [1.165, 1.54) is 70.6 Å². The van der Waals surface area contributed by atoms with Crippen LogP contribution in [0.5, 0.6) is 0 Å². The molecular formula is C104H196N2O28P2. The summed E-state index contributed by atoms with van der Waals surface area (Å²) in [6.07, 6.45) is 36.0. The molecule has 0 radical (unpaired) electrons. The van der Waals surface area contributed by atoms with Crippen LogP contribution in [0, 0.1) is 0 Å². The molecule has 0 aromatic heterocycles. The average Bonchev–Trinajstić information content (AvgIpc) is 0.753. The van der Waals surface area contributed by atoms with Gasteiger partial charge in [-0.15, -0.1) is 0 Å². The van der Waals surface area contributed by atoms with Gasteiger partial charge >= 0.3 is 51.5 Å². The number of rotatable bonds is 93. The van der Waals surface area contributed by atoms with Gasteiger partial charge < -0.3 is 93.6 Å². The van der Waals surface area contributed by atoms with Gasteiger partial charge in [0.25, 0.3) is 0 Å². The molecule has 0 aromatic rings. The molecule has 0 aromatic carbocycles. The van der Waals surface area contributed by atoms with Gasteiger partial charge in [0.1, 0.15) is 48.8 Å². The summed E-state index contributed by atoms with van der Waals surface area (Å²) in [4.78, 5) is 143. The minimum atomic E-state index is -6.11. The first-order valence-corrected chi connectivity index (χ1v) is 57.9. The van der Waals surface area contributed by atoms with E-state index in [0.29, 0.717) is 51.4 Å². The number of esters is 5. The van der Waals surface area contributed by atoms with Crippen molar-refractivity contribution >= 4 is 57.3 Å². The smallest absolute Gasteiger partial charge is 0.462 e. The van der Waals surface area contributed by atoms with Gasteiger partial charge in [-0.2, -0.15) is 0 Å². The van der Waals surface area contributed by atoms with Crippen LogP contribution in [0.25, 0.3) is 0 Å². The summed E-state index contributed by atoms with van der Waals surface area (Å²) in [7, 11) is -11.5. The summed E-state index contributed by atoms with van der Waals surface area (Å²) in [5, 5.41) is 66.1. The third kappa shape index (κ3) is 66.2. The molecule has 11 N–H and O–H groups in total. The standard InChI is InChI=1S/C104H196N2O28P2/c1-8-15-22-29-36-41-42-43-44-49-55-62-68-75-93(112)127-84(71-64-58-52-46-38-31-24-17-10-3)78-91(110)106-102-101(131-96(115)80-86(108)87(133-135(119,120)121)73-66-59-35-28-21-14-7)99(117)89(132-104(102,118)134-136(122,123)124)82-125-103-97(105-90(109)77-83(70-63-57-51-45-37-30-23-16-9-2)126-92(111)74-67-60-53-47-39-32-25-18-11-4)100(98(116)88(81-107)129-103)130-95(114)79-85(72-65-56-50-34-27-20-13-6)128-94(113)76-69-61-54-48-40-33-26-19-12-5/h83-89,97-103,107-108,116-118H,8-82H2,1-7H3,(H,105,109)(H,106,110)(H2,119,120,121)(H2,122,123,124)/t83-,84-,85-,86-,87?,88-,89-,97-,98-,99-,100-,101+,102-,103-,104-/m1/s1. The fourth-order valence-corrected chi connectivity index (χ4v) is 19.3. The number of nitrogens with one attached hydrogen (secondary N) is 2. The Labute approximate surface area is 820 Å². The van der Waals surface area contributed by atoms with Crippen LogP contribution in [-0.4, -0.2) is 191 Å². The number of phosphoric ester groups is 2. The summed E-state index contributed by atoms with van der Waals surface area (Å²) in [6.45, 7) is 12.8. The van der Waals surface area contributed by atoms with Crippen molar-refractivity contribution in [3.63, 3.8) is 0 Å². The van der Waals surface area contributed by atoms with E-state index in [1.54, 1.807) is 0 Å². The lowest BCUT2D eigenvalue weighted by Crippen LogP contribution is -2.72. The number of hydrogen-bond acceptors (Lipinski definition) is 24. The maximum absolute atomic E-state index is 15.2. The second-order valence-electron chi connectivity index (χ2n) is 39.2. The van der Waals surface area contributed by atoms with E-state index in [1.807, 2.05) is 6.92 Å². The Bertz CT molecular complexity index is 3080. The number of unbranched alkanes of at least 4 members (excludes halogenated alkanes) is 55. The number of ether oxygens (including phenoxy) is 8. The highest BCUT2D eigenvalue weighted by Gasteiger charge is 2.61. The Morgan fingerprint density at radius 1 is 0.353 bits per heavy atom. The van der Waals surface area contributed by atoms with Crippen molar-refractivity contribution in [1.29, 1.82) is 0 Å². The molecule has 1 unspecified atom stereocenters. The summed E-state index contributed by atoms with van der Waals surface area (Å²) in [6, 6.07) is -4.43. The van der Waals surface area contributed by atoms with Gasteiger partial charge in [0.2, 0.25) is 11.8 Å². The SMILES string of the molecule is CCCCCCCCCCCCCCCC(=O)O[C@H](CCCCCCCCCCC)CC(=O)N[C@@H]1[C@@H](OC(=O)C[C@@H](O)C(CCCCCCCC)OP(=O)(O)O)[C@H](O)[C@@H](CO[C@@H]2O[C@H](CO)[C@@H](O)[C@H](OC(=O)C[C@@H](CCCCCCCCC)OC(=O)CCCCCCCCCCC)[C@H]2NC(=O)C[C@@H](CCCCCCCCCCC)OC(=O)CCCCCCCCCCC)O[C@@]1(O)OP(=O)(O)O. The molecule has 2 amide bonds. The molecule has 2 aliphatic rings. The zero-order chi connectivity index (χ0) is 100. The molecular weight excluding hydrogens is 1790 g/mol. The molecule has 32 heteroatoms. The maximum Gasteiger partial charge on any atom is 0.474 e. The zero-order valence-corrected chi connectivity index (χ0v) is 87.6. The van der Waals surface area contributed by atoms with Crippen molar-refractivity contribution in [3.05, 3.63) is 0 Å². The topological polar surface area (TPSA) is 452 Å². The van der Waals surface area contributed by atoms with Crippen LogP contribution in [0.2, 0.25) is 0 Å². The average molecular weight is 1980 g/mol. The number of carbonyl (C=O) groups excluding carboxylic acids is 7. The van der Waals surface area contributed by atoms with E-state index in [0.717, 1.165) is 270 Å². The Morgan fingerprint density at radius 3 is 0.963 bits per heavy atom. The highest BCUT2D eigenvalue weighted by molar-refractivity contribution is 7.46. The fraction of sp³-hybridized carbons (Fsp3) is 0.933. The van der Waals surface area contributed by atoms with Crippen LogP contribution in [-0.2, 0) is 89.6 Å². The van der Waals surface area contributed by atoms with Crippen molar-refractivity contribution in [1.82, 2.24) is 10.6 Å². The Balaban J connectivity index is 2.94. The van der Waals surface area contributed by atoms with Crippen molar-refractivity contribution in [2.75, 3.05) is 13.2 Å². The molecule has 15 atom stereocenters. The van der Waals surface area contributed by atoms with Crippen molar-refractivity contribution in [2.24, 2.45) is 0 Å². The number of carbonyl (C=O) groups is 7. The molecule has 2 rings (SSSR count). The molecule has 2 aliphatic heterocycles. The molecule has 0 saturated carbocycles. The molecule has 2 fully saturated rings.